The van der Waals surface area contributed by atoms with Gasteiger partial charge in [-0.3, -0.25) is 4.79 Å². The number of hydrogen-bond acceptors (Lipinski definition) is 5. The molecule has 6 nitrogen and oxygen atoms in total. The number of aliphatic hydroxyl groups excluding tert-OH is 1. The molecule has 2 N–H and O–H groups in total. The number of likely N-dealkylation sites (tertiary alicyclic amines) is 1. The Kier molecular flexibility index (Phi) is 3.72. The van der Waals surface area contributed by atoms with Crippen molar-refractivity contribution in [3.05, 3.63) is 42.4 Å². The molecule has 22 heavy (non-hydrogen) atoms. The van der Waals surface area contributed by atoms with Gasteiger partial charge >= 0.3 is 0 Å². The monoisotopic (exact) mass is 302 g/mol. The van der Waals surface area contributed by atoms with Crippen molar-refractivity contribution in [2.75, 3.05) is 13.1 Å². The first-order valence-electron chi connectivity index (χ1n) is 7.16. The number of hydrogen-bond donors (Lipinski definition) is 2. The molecule has 116 valence electrons. The highest BCUT2D eigenvalue weighted by atomic mass is 16.3. The van der Waals surface area contributed by atoms with Crippen molar-refractivity contribution in [1.29, 1.82) is 0 Å². The van der Waals surface area contributed by atoms with Gasteiger partial charge in [-0.25, -0.2) is 4.98 Å². The van der Waals surface area contributed by atoms with Gasteiger partial charge in [0.1, 0.15) is 0 Å². The molecule has 0 aliphatic carbocycles. The van der Waals surface area contributed by atoms with Crippen LogP contribution in [-0.2, 0) is 0 Å². The zero-order chi connectivity index (χ0) is 15.7. The summed E-state index contributed by atoms with van der Waals surface area (Å²) in [4.78, 5) is 17.9. The van der Waals surface area contributed by atoms with E-state index in [-0.39, 0.29) is 12.5 Å². The van der Waals surface area contributed by atoms with Gasteiger partial charge < -0.3 is 19.5 Å². The maximum atomic E-state index is 12.5. The van der Waals surface area contributed by atoms with E-state index >= 15 is 0 Å². The van der Waals surface area contributed by atoms with E-state index in [1.54, 1.807) is 42.3 Å². The summed E-state index contributed by atoms with van der Waals surface area (Å²) in [6, 6.07) is 7.03. The molecule has 2 aromatic rings. The largest absolute Gasteiger partial charge is 0.444 e. The lowest BCUT2D eigenvalue weighted by Gasteiger charge is -2.39. The lowest BCUT2D eigenvalue weighted by atomic mass is 9.90. The molecule has 1 aromatic carbocycles. The second-order valence-corrected chi connectivity index (χ2v) is 5.82. The van der Waals surface area contributed by atoms with Crippen LogP contribution in [0.15, 0.2) is 41.3 Å². The van der Waals surface area contributed by atoms with E-state index in [1.165, 1.54) is 6.39 Å². The number of carbonyl (C=O) groups excluding carboxylic acids is 1. The highest BCUT2D eigenvalue weighted by Crippen LogP contribution is 2.24. The fourth-order valence-corrected chi connectivity index (χ4v) is 2.53. The molecule has 1 aliphatic heterocycles. The van der Waals surface area contributed by atoms with E-state index < -0.39 is 11.7 Å². The number of aromatic nitrogens is 1. The van der Waals surface area contributed by atoms with Crippen molar-refractivity contribution in [2.24, 2.45) is 0 Å². The molecular formula is C16H18N2O4. The SMILES string of the molecule is C[C@@]1(O)CCN(C(=O)c2ccc(-c3cnco3)cc2)C[C@H]1O. The van der Waals surface area contributed by atoms with Crippen LogP contribution in [0.5, 0.6) is 0 Å². The number of carbonyl (C=O) groups is 1. The number of amides is 1. The van der Waals surface area contributed by atoms with E-state index in [4.69, 9.17) is 4.42 Å². The standard InChI is InChI=1S/C16H18N2O4/c1-16(21)6-7-18(9-14(16)19)15(20)12-4-2-11(3-5-12)13-8-17-10-22-13/h2-5,8,10,14,19,21H,6-7,9H2,1H3/t14-,16-/m1/s1. The zero-order valence-electron chi connectivity index (χ0n) is 12.3. The van der Waals surface area contributed by atoms with Crippen molar-refractivity contribution in [3.8, 4) is 11.3 Å². The van der Waals surface area contributed by atoms with Crippen LogP contribution in [0.4, 0.5) is 0 Å². The summed E-state index contributed by atoms with van der Waals surface area (Å²) in [6.07, 6.45) is 2.39. The summed E-state index contributed by atoms with van der Waals surface area (Å²) in [7, 11) is 0. The summed E-state index contributed by atoms with van der Waals surface area (Å²) in [5, 5.41) is 19.9. The van der Waals surface area contributed by atoms with E-state index in [2.05, 4.69) is 4.98 Å². The molecule has 6 heteroatoms. The Morgan fingerprint density at radius 3 is 2.73 bits per heavy atom. The molecule has 2 atom stereocenters. The lowest BCUT2D eigenvalue weighted by molar-refractivity contribution is -0.0999. The van der Waals surface area contributed by atoms with Crippen LogP contribution < -0.4 is 0 Å². The summed E-state index contributed by atoms with van der Waals surface area (Å²) in [6.45, 7) is 2.15. The first-order valence-corrected chi connectivity index (χ1v) is 7.16. The van der Waals surface area contributed by atoms with Gasteiger partial charge in [0.05, 0.1) is 17.9 Å². The summed E-state index contributed by atoms with van der Waals surface area (Å²) in [5.41, 5.74) is 0.250. The van der Waals surface area contributed by atoms with E-state index in [9.17, 15) is 15.0 Å². The Morgan fingerprint density at radius 1 is 1.41 bits per heavy atom. The highest BCUT2D eigenvalue weighted by Gasteiger charge is 2.38. The van der Waals surface area contributed by atoms with E-state index in [0.29, 0.717) is 24.3 Å². The van der Waals surface area contributed by atoms with Crippen LogP contribution in [0.3, 0.4) is 0 Å². The molecule has 1 saturated heterocycles. The highest BCUT2D eigenvalue weighted by molar-refractivity contribution is 5.94. The van der Waals surface area contributed by atoms with Crippen molar-refractivity contribution in [3.63, 3.8) is 0 Å². The van der Waals surface area contributed by atoms with Gasteiger partial charge in [0.25, 0.3) is 5.91 Å². The summed E-state index contributed by atoms with van der Waals surface area (Å²) >= 11 is 0. The van der Waals surface area contributed by atoms with Crippen molar-refractivity contribution < 1.29 is 19.4 Å². The average molecular weight is 302 g/mol. The van der Waals surface area contributed by atoms with Crippen molar-refractivity contribution >= 4 is 5.91 Å². The topological polar surface area (TPSA) is 86.8 Å². The predicted molar refractivity (Wildman–Crippen MR) is 79.1 cm³/mol. The molecule has 1 fully saturated rings. The molecular weight excluding hydrogens is 284 g/mol. The molecule has 0 spiro atoms. The minimum Gasteiger partial charge on any atom is -0.444 e. The van der Waals surface area contributed by atoms with Crippen LogP contribution in [0.2, 0.25) is 0 Å². The maximum Gasteiger partial charge on any atom is 0.253 e. The lowest BCUT2D eigenvalue weighted by Crippen LogP contribution is -2.55. The maximum absolute atomic E-state index is 12.5. The average Bonchev–Trinajstić information content (AvgIpc) is 3.04. The van der Waals surface area contributed by atoms with Crippen molar-refractivity contribution in [1.82, 2.24) is 9.88 Å². The van der Waals surface area contributed by atoms with E-state index in [1.807, 2.05) is 0 Å². The number of benzene rings is 1. The van der Waals surface area contributed by atoms with Crippen molar-refractivity contribution in [2.45, 2.75) is 25.0 Å². The number of oxazole rings is 1. The fourth-order valence-electron chi connectivity index (χ4n) is 2.53. The van der Waals surface area contributed by atoms with Crippen LogP contribution >= 0.6 is 0 Å². The van der Waals surface area contributed by atoms with Crippen LogP contribution in [0.1, 0.15) is 23.7 Å². The molecule has 1 aromatic heterocycles. The van der Waals surface area contributed by atoms with Crippen LogP contribution in [0.25, 0.3) is 11.3 Å². The van der Waals surface area contributed by atoms with Crippen LogP contribution in [-0.4, -0.2) is 50.8 Å². The van der Waals surface area contributed by atoms with Gasteiger partial charge in [-0.15, -0.1) is 0 Å². The molecule has 0 saturated carbocycles. The quantitative estimate of drug-likeness (QED) is 0.873. The van der Waals surface area contributed by atoms with Gasteiger partial charge in [0.15, 0.2) is 12.2 Å². The molecule has 1 aliphatic rings. The molecule has 0 bridgehead atoms. The third-order valence-electron chi connectivity index (χ3n) is 4.13. The zero-order valence-corrected chi connectivity index (χ0v) is 12.3. The summed E-state index contributed by atoms with van der Waals surface area (Å²) in [5.74, 6) is 0.488. The Labute approximate surface area is 128 Å². The van der Waals surface area contributed by atoms with Gasteiger partial charge in [-0.05, 0) is 25.5 Å². The van der Waals surface area contributed by atoms with Gasteiger partial charge in [0.2, 0.25) is 0 Å². The number of β-amino-alcohol motifs (C(OH)–C–C–N with tert-alkyl or cyclic N) is 1. The smallest absolute Gasteiger partial charge is 0.253 e. The third-order valence-corrected chi connectivity index (χ3v) is 4.13. The van der Waals surface area contributed by atoms with Gasteiger partial charge in [0, 0.05) is 24.2 Å². The first kappa shape index (κ1) is 14.7. The Balaban J connectivity index is 1.73. The predicted octanol–water partition coefficient (Wildman–Crippen LogP) is 1.30. The Hall–Kier alpha value is -2.18. The number of piperidine rings is 1. The van der Waals surface area contributed by atoms with Gasteiger partial charge in [-0.1, -0.05) is 12.1 Å². The minimum absolute atomic E-state index is 0.135. The number of aliphatic hydroxyl groups is 2. The number of rotatable bonds is 2. The summed E-state index contributed by atoms with van der Waals surface area (Å²) < 4.78 is 5.21. The molecule has 0 radical (unpaired) electrons. The second-order valence-electron chi connectivity index (χ2n) is 5.82. The molecule has 2 heterocycles. The van der Waals surface area contributed by atoms with Crippen LogP contribution in [0, 0.1) is 0 Å². The van der Waals surface area contributed by atoms with E-state index in [0.717, 1.165) is 5.56 Å². The molecule has 0 unspecified atom stereocenters. The molecule has 1 amide bonds. The Morgan fingerprint density at radius 2 is 2.14 bits per heavy atom. The first-order chi connectivity index (χ1) is 10.5. The molecule has 3 rings (SSSR count). The normalized spacial score (nSPS) is 25.2. The number of nitrogens with zero attached hydrogens (tertiary/aromatic N) is 2. The Bertz CT molecular complexity index is 649. The second kappa shape index (κ2) is 5.55. The van der Waals surface area contributed by atoms with Gasteiger partial charge in [-0.2, -0.15) is 0 Å². The third kappa shape index (κ3) is 2.75. The minimum atomic E-state index is -1.13. The fraction of sp³-hybridized carbons (Fsp3) is 0.375.